The van der Waals surface area contributed by atoms with Gasteiger partial charge in [-0.15, -0.1) is 11.3 Å². The fourth-order valence-electron chi connectivity index (χ4n) is 1.34. The molecular weight excluding hydrogens is 284 g/mol. The maximum absolute atomic E-state index is 12.0. The first-order chi connectivity index (χ1) is 8.81. The van der Waals surface area contributed by atoms with Crippen molar-refractivity contribution in [2.24, 2.45) is 4.99 Å². The Morgan fingerprint density at radius 3 is 3.11 bits per heavy atom. The first-order valence-corrected chi connectivity index (χ1v) is 7.71. The number of aliphatic imine (C=N–C) groups is 1. The van der Waals surface area contributed by atoms with Gasteiger partial charge in [-0.3, -0.25) is 0 Å². The van der Waals surface area contributed by atoms with Crippen LogP contribution in [-0.4, -0.2) is 20.9 Å². The number of thiazole rings is 1. The number of nitrogens with zero attached hydrogens (tertiary/aromatic N) is 2. The lowest BCUT2D eigenvalue weighted by Crippen LogP contribution is -1.84. The molecule has 0 fully saturated rings. The van der Waals surface area contributed by atoms with Crippen LogP contribution in [0.25, 0.3) is 10.2 Å². The topological polar surface area (TPSA) is 42.3 Å². The van der Waals surface area contributed by atoms with Crippen LogP contribution in [0, 0.1) is 0 Å². The van der Waals surface area contributed by atoms with E-state index in [4.69, 9.17) is 0 Å². The lowest BCUT2D eigenvalue weighted by molar-refractivity contribution is 0.688. The summed E-state index contributed by atoms with van der Waals surface area (Å²) in [5, 5.41) is 3.94. The van der Waals surface area contributed by atoms with E-state index >= 15 is 0 Å². The van der Waals surface area contributed by atoms with Crippen LogP contribution in [0.5, 0.6) is 0 Å². The molecule has 6 heteroatoms. The van der Waals surface area contributed by atoms with Crippen LogP contribution in [0.4, 0.5) is 0 Å². The van der Waals surface area contributed by atoms with Crippen molar-refractivity contribution in [1.82, 2.24) is 4.98 Å². The van der Waals surface area contributed by atoms with Crippen molar-refractivity contribution in [3.8, 4) is 0 Å². The molecule has 1 heterocycles. The van der Waals surface area contributed by atoms with Gasteiger partial charge in [0.2, 0.25) is 0 Å². The molecule has 0 radical (unpaired) electrons. The van der Waals surface area contributed by atoms with Gasteiger partial charge in [0, 0.05) is 5.41 Å². The fourth-order valence-corrected chi connectivity index (χ4v) is 3.50. The van der Waals surface area contributed by atoms with Gasteiger partial charge < -0.3 is 0 Å². The predicted octanol–water partition coefficient (Wildman–Crippen LogP) is 3.41. The van der Waals surface area contributed by atoms with E-state index in [1.54, 1.807) is 5.41 Å². The SMILES string of the molecule is O=S(C=CCCN=C=S)c1nc2ccccc2s1. The number of hydrogen-bond acceptors (Lipinski definition) is 5. The number of thiocarbonyl (C=S) groups is 1. The highest BCUT2D eigenvalue weighted by Crippen LogP contribution is 2.24. The zero-order chi connectivity index (χ0) is 12.8. The number of aromatic nitrogens is 1. The molecule has 0 amide bonds. The summed E-state index contributed by atoms with van der Waals surface area (Å²) in [6, 6.07) is 7.77. The molecule has 3 nitrogen and oxygen atoms in total. The second-order valence-corrected chi connectivity index (χ2v) is 6.10. The third kappa shape index (κ3) is 3.40. The molecule has 0 spiro atoms. The summed E-state index contributed by atoms with van der Waals surface area (Å²) in [5.41, 5.74) is 0.893. The van der Waals surface area contributed by atoms with E-state index in [1.807, 2.05) is 30.3 Å². The highest BCUT2D eigenvalue weighted by Gasteiger charge is 2.07. The van der Waals surface area contributed by atoms with Crippen LogP contribution in [0.2, 0.25) is 0 Å². The van der Waals surface area contributed by atoms with Gasteiger partial charge in [0.05, 0.1) is 21.9 Å². The van der Waals surface area contributed by atoms with E-state index in [9.17, 15) is 4.21 Å². The van der Waals surface area contributed by atoms with Crippen molar-refractivity contribution in [1.29, 1.82) is 0 Å². The zero-order valence-electron chi connectivity index (χ0n) is 9.41. The Hall–Kier alpha value is -1.20. The molecule has 2 aromatic rings. The minimum atomic E-state index is -1.18. The third-order valence-corrected chi connectivity index (χ3v) is 4.72. The van der Waals surface area contributed by atoms with Crippen molar-refractivity contribution in [3.63, 3.8) is 0 Å². The average Bonchev–Trinajstić information content (AvgIpc) is 2.82. The normalized spacial score (nSPS) is 12.7. The summed E-state index contributed by atoms with van der Waals surface area (Å²) >= 11 is 5.92. The quantitative estimate of drug-likeness (QED) is 0.482. The van der Waals surface area contributed by atoms with Crippen molar-refractivity contribution in [2.45, 2.75) is 10.8 Å². The predicted molar refractivity (Wildman–Crippen MR) is 79.7 cm³/mol. The Kier molecular flexibility index (Phi) is 4.90. The summed E-state index contributed by atoms with van der Waals surface area (Å²) in [6.45, 7) is 0.580. The van der Waals surface area contributed by atoms with Gasteiger partial charge >= 0.3 is 0 Å². The molecular formula is C12H10N2OS3. The Bertz CT molecular complexity index is 609. The van der Waals surface area contributed by atoms with Crippen molar-refractivity contribution >= 4 is 49.7 Å². The number of benzene rings is 1. The Morgan fingerprint density at radius 1 is 1.50 bits per heavy atom. The number of fused-ring (bicyclic) bond motifs is 1. The average molecular weight is 294 g/mol. The van der Waals surface area contributed by atoms with E-state index in [0.717, 1.165) is 10.2 Å². The number of para-hydroxylation sites is 1. The molecule has 0 bridgehead atoms. The minimum absolute atomic E-state index is 0.580. The molecule has 18 heavy (non-hydrogen) atoms. The second-order valence-electron chi connectivity index (χ2n) is 3.38. The van der Waals surface area contributed by atoms with E-state index in [2.05, 4.69) is 27.4 Å². The van der Waals surface area contributed by atoms with E-state index in [1.165, 1.54) is 11.3 Å². The summed E-state index contributed by atoms with van der Waals surface area (Å²) in [5.74, 6) is 0. The van der Waals surface area contributed by atoms with Gasteiger partial charge in [-0.2, -0.15) is 0 Å². The van der Waals surface area contributed by atoms with Gasteiger partial charge in [0.15, 0.2) is 4.34 Å². The minimum Gasteiger partial charge on any atom is -0.247 e. The first kappa shape index (κ1) is 13.2. The number of isothiocyanates is 1. The maximum Gasteiger partial charge on any atom is 0.186 e. The molecule has 1 unspecified atom stereocenters. The van der Waals surface area contributed by atoms with Crippen LogP contribution in [0.15, 0.2) is 45.1 Å². The zero-order valence-corrected chi connectivity index (χ0v) is 11.9. The second kappa shape index (κ2) is 6.66. The lowest BCUT2D eigenvalue weighted by atomic mass is 10.3. The van der Waals surface area contributed by atoms with Crippen LogP contribution in [-0.2, 0) is 10.8 Å². The molecule has 1 aromatic carbocycles. The standard InChI is InChI=1S/C12H10N2OS3/c15-18(8-4-3-7-13-9-16)12-14-10-5-1-2-6-11(10)17-12/h1-2,4-6,8H,3,7H2. The molecule has 0 aliphatic rings. The molecule has 0 saturated heterocycles. The summed E-state index contributed by atoms with van der Waals surface area (Å²) in [6.07, 6.45) is 2.54. The molecule has 2 rings (SSSR count). The summed E-state index contributed by atoms with van der Waals surface area (Å²) < 4.78 is 13.6. The number of hydrogen-bond donors (Lipinski definition) is 0. The molecule has 0 aliphatic heterocycles. The van der Waals surface area contributed by atoms with Crippen LogP contribution >= 0.6 is 23.6 Å². The fraction of sp³-hybridized carbons (Fsp3) is 0.167. The molecule has 1 aromatic heterocycles. The number of rotatable bonds is 5. The summed E-state index contributed by atoms with van der Waals surface area (Å²) in [7, 11) is -1.18. The van der Waals surface area contributed by atoms with Gasteiger partial charge in [-0.05, 0) is 30.8 Å². The lowest BCUT2D eigenvalue weighted by Gasteiger charge is -1.88. The van der Waals surface area contributed by atoms with Gasteiger partial charge in [0.1, 0.15) is 10.8 Å². The van der Waals surface area contributed by atoms with Gasteiger partial charge in [-0.1, -0.05) is 18.2 Å². The molecule has 0 aliphatic carbocycles. The largest absolute Gasteiger partial charge is 0.247 e. The molecule has 92 valence electrons. The monoisotopic (exact) mass is 294 g/mol. The third-order valence-electron chi connectivity index (χ3n) is 2.14. The van der Waals surface area contributed by atoms with Crippen LogP contribution in [0.1, 0.15) is 6.42 Å². The Morgan fingerprint density at radius 2 is 2.33 bits per heavy atom. The molecule has 0 N–H and O–H groups in total. The van der Waals surface area contributed by atoms with Crippen LogP contribution < -0.4 is 0 Å². The Labute approximate surface area is 117 Å². The van der Waals surface area contributed by atoms with E-state index < -0.39 is 10.8 Å². The summed E-state index contributed by atoms with van der Waals surface area (Å²) in [4.78, 5) is 8.12. The van der Waals surface area contributed by atoms with E-state index in [0.29, 0.717) is 17.3 Å². The van der Waals surface area contributed by atoms with E-state index in [-0.39, 0.29) is 0 Å². The van der Waals surface area contributed by atoms with Crippen LogP contribution in [0.3, 0.4) is 0 Å². The molecule has 1 atom stereocenters. The van der Waals surface area contributed by atoms with Crippen molar-refractivity contribution in [2.75, 3.05) is 6.54 Å². The highest BCUT2D eigenvalue weighted by atomic mass is 32.2. The van der Waals surface area contributed by atoms with Crippen molar-refractivity contribution in [3.05, 3.63) is 35.7 Å². The smallest absolute Gasteiger partial charge is 0.186 e. The maximum atomic E-state index is 12.0. The van der Waals surface area contributed by atoms with Gasteiger partial charge in [0.25, 0.3) is 0 Å². The highest BCUT2D eigenvalue weighted by molar-refractivity contribution is 7.90. The Balaban J connectivity index is 2.06. The first-order valence-electron chi connectivity index (χ1n) is 5.27. The van der Waals surface area contributed by atoms with Crippen molar-refractivity contribution < 1.29 is 4.21 Å². The molecule has 0 saturated carbocycles. The van der Waals surface area contributed by atoms with Gasteiger partial charge in [-0.25, -0.2) is 14.2 Å².